The summed E-state index contributed by atoms with van der Waals surface area (Å²) in [6.07, 6.45) is 1.60. The van der Waals surface area contributed by atoms with Gasteiger partial charge >= 0.3 is 0 Å². The molecule has 1 aromatic carbocycles. The molecule has 0 aliphatic rings. The Kier molecular flexibility index (Phi) is 3.79. The van der Waals surface area contributed by atoms with Crippen molar-refractivity contribution in [2.45, 2.75) is 11.4 Å². The van der Waals surface area contributed by atoms with Gasteiger partial charge in [0.05, 0.1) is 27.8 Å². The van der Waals surface area contributed by atoms with Gasteiger partial charge in [-0.05, 0) is 24.3 Å². The lowest BCUT2D eigenvalue weighted by atomic mass is 10.3. The third-order valence-corrected chi connectivity index (χ3v) is 4.37. The average molecular weight is 301 g/mol. The topological polar surface area (TPSA) is 90.0 Å². The minimum atomic E-state index is -3.62. The predicted octanol–water partition coefficient (Wildman–Crippen LogP) is 1.13. The summed E-state index contributed by atoms with van der Waals surface area (Å²) in [4.78, 5) is 0.0777. The summed E-state index contributed by atoms with van der Waals surface area (Å²) >= 11 is 5.81. The van der Waals surface area contributed by atoms with E-state index in [1.807, 2.05) is 0 Å². The maximum absolute atomic E-state index is 12.1. The normalized spacial score (nSPS) is 11.7. The minimum Gasteiger partial charge on any atom is -0.398 e. The van der Waals surface area contributed by atoms with Gasteiger partial charge in [0.2, 0.25) is 10.0 Å². The maximum Gasteiger partial charge on any atom is 0.240 e. The van der Waals surface area contributed by atoms with Crippen LogP contribution in [0.25, 0.3) is 0 Å². The zero-order valence-electron chi connectivity index (χ0n) is 10.2. The smallest absolute Gasteiger partial charge is 0.240 e. The standard InChI is InChI=1S/C11H13ClN4O2S/c1-16-8(4-5-14-16)7-15-19(17,18)9-2-3-11(13)10(12)6-9/h2-6,15H,7,13H2,1H3. The predicted molar refractivity (Wildman–Crippen MR) is 73.1 cm³/mol. The van der Waals surface area contributed by atoms with E-state index < -0.39 is 10.0 Å². The van der Waals surface area contributed by atoms with Crippen LogP contribution in [0.4, 0.5) is 5.69 Å². The molecule has 0 spiro atoms. The minimum absolute atomic E-state index is 0.0777. The Morgan fingerprint density at radius 1 is 1.42 bits per heavy atom. The monoisotopic (exact) mass is 300 g/mol. The summed E-state index contributed by atoms with van der Waals surface area (Å²) < 4.78 is 28.2. The molecular weight excluding hydrogens is 288 g/mol. The lowest BCUT2D eigenvalue weighted by Gasteiger charge is -2.08. The third kappa shape index (κ3) is 3.06. The van der Waals surface area contributed by atoms with Crippen molar-refractivity contribution in [1.82, 2.24) is 14.5 Å². The summed E-state index contributed by atoms with van der Waals surface area (Å²) in [7, 11) is -1.88. The van der Waals surface area contributed by atoms with Crippen molar-refractivity contribution in [3.8, 4) is 0 Å². The molecule has 1 heterocycles. The molecule has 6 nitrogen and oxygen atoms in total. The second kappa shape index (κ2) is 5.20. The number of nitrogen functional groups attached to an aromatic ring is 1. The molecule has 0 bridgehead atoms. The second-order valence-corrected chi connectivity index (χ2v) is 6.13. The second-order valence-electron chi connectivity index (χ2n) is 3.95. The molecule has 8 heteroatoms. The quantitative estimate of drug-likeness (QED) is 0.828. The summed E-state index contributed by atoms with van der Waals surface area (Å²) in [5, 5.41) is 4.17. The number of halogens is 1. The van der Waals surface area contributed by atoms with Gasteiger partial charge in [0, 0.05) is 13.2 Å². The highest BCUT2D eigenvalue weighted by Crippen LogP contribution is 2.22. The van der Waals surface area contributed by atoms with Crippen molar-refractivity contribution < 1.29 is 8.42 Å². The van der Waals surface area contributed by atoms with Crippen molar-refractivity contribution in [3.05, 3.63) is 41.2 Å². The van der Waals surface area contributed by atoms with Crippen LogP contribution in [-0.4, -0.2) is 18.2 Å². The maximum atomic E-state index is 12.1. The number of hydrogen-bond donors (Lipinski definition) is 2. The highest BCUT2D eigenvalue weighted by molar-refractivity contribution is 7.89. The molecule has 0 saturated heterocycles. The van der Waals surface area contributed by atoms with Gasteiger partial charge in [-0.25, -0.2) is 13.1 Å². The van der Waals surface area contributed by atoms with Gasteiger partial charge in [0.25, 0.3) is 0 Å². The zero-order valence-corrected chi connectivity index (χ0v) is 11.7. The zero-order chi connectivity index (χ0) is 14.0. The third-order valence-electron chi connectivity index (χ3n) is 2.65. The number of nitrogens with zero attached hydrogens (tertiary/aromatic N) is 2. The summed E-state index contributed by atoms with van der Waals surface area (Å²) in [6, 6.07) is 5.93. The van der Waals surface area contributed by atoms with E-state index in [1.165, 1.54) is 18.2 Å². The molecule has 0 amide bonds. The van der Waals surface area contributed by atoms with Gasteiger partial charge in [-0.15, -0.1) is 0 Å². The fourth-order valence-corrected chi connectivity index (χ4v) is 2.77. The van der Waals surface area contributed by atoms with E-state index in [4.69, 9.17) is 17.3 Å². The summed E-state index contributed by atoms with van der Waals surface area (Å²) in [5.41, 5.74) is 6.64. The fourth-order valence-electron chi connectivity index (χ4n) is 1.50. The van der Waals surface area contributed by atoms with Gasteiger partial charge in [-0.1, -0.05) is 11.6 Å². The number of aromatic nitrogens is 2. The SMILES string of the molecule is Cn1nccc1CNS(=O)(=O)c1ccc(N)c(Cl)c1. The fraction of sp³-hybridized carbons (Fsp3) is 0.182. The Morgan fingerprint density at radius 2 is 2.16 bits per heavy atom. The van der Waals surface area contributed by atoms with Crippen molar-refractivity contribution >= 4 is 27.3 Å². The number of sulfonamides is 1. The van der Waals surface area contributed by atoms with Crippen molar-refractivity contribution in [3.63, 3.8) is 0 Å². The molecule has 3 N–H and O–H groups in total. The first kappa shape index (κ1) is 13.9. The van der Waals surface area contributed by atoms with Gasteiger partial charge in [0.1, 0.15) is 0 Å². The van der Waals surface area contributed by atoms with Crippen LogP contribution in [0.5, 0.6) is 0 Å². The molecule has 0 unspecified atom stereocenters. The number of hydrogen-bond acceptors (Lipinski definition) is 4. The van der Waals surface area contributed by atoms with Gasteiger partial charge in [-0.2, -0.15) is 5.10 Å². The number of rotatable bonds is 4. The summed E-state index contributed by atoms with van der Waals surface area (Å²) in [6.45, 7) is 0.154. The van der Waals surface area contributed by atoms with E-state index in [9.17, 15) is 8.42 Å². The van der Waals surface area contributed by atoms with Gasteiger partial charge in [0.15, 0.2) is 0 Å². The number of aryl methyl sites for hydroxylation is 1. The molecule has 1 aromatic heterocycles. The van der Waals surface area contributed by atoms with Crippen LogP contribution in [0.3, 0.4) is 0 Å². The first-order chi connectivity index (χ1) is 8.90. The Morgan fingerprint density at radius 3 is 2.74 bits per heavy atom. The highest BCUT2D eigenvalue weighted by atomic mass is 35.5. The average Bonchev–Trinajstić information content (AvgIpc) is 2.76. The molecule has 102 valence electrons. The van der Waals surface area contributed by atoms with Crippen LogP contribution in [0.1, 0.15) is 5.69 Å². The lowest BCUT2D eigenvalue weighted by molar-refractivity contribution is 0.577. The van der Waals surface area contributed by atoms with E-state index in [-0.39, 0.29) is 16.5 Å². The Labute approximate surface area is 116 Å². The molecule has 0 fully saturated rings. The van der Waals surface area contributed by atoms with E-state index in [2.05, 4.69) is 9.82 Å². The first-order valence-corrected chi connectivity index (χ1v) is 7.28. The van der Waals surface area contributed by atoms with Crippen molar-refractivity contribution in [2.75, 3.05) is 5.73 Å². The Hall–Kier alpha value is -1.57. The molecule has 0 atom stereocenters. The molecular formula is C11H13ClN4O2S. The van der Waals surface area contributed by atoms with Crippen LogP contribution in [0.2, 0.25) is 5.02 Å². The van der Waals surface area contributed by atoms with Crippen LogP contribution in [0, 0.1) is 0 Å². The number of anilines is 1. The van der Waals surface area contributed by atoms with Crippen LogP contribution in [-0.2, 0) is 23.6 Å². The largest absolute Gasteiger partial charge is 0.398 e. The number of nitrogens with two attached hydrogens (primary N) is 1. The molecule has 19 heavy (non-hydrogen) atoms. The molecule has 0 aliphatic carbocycles. The Bertz CT molecular complexity index is 696. The van der Waals surface area contributed by atoms with E-state index >= 15 is 0 Å². The van der Waals surface area contributed by atoms with Crippen LogP contribution in [0.15, 0.2) is 35.4 Å². The molecule has 0 aliphatic heterocycles. The number of benzene rings is 1. The van der Waals surface area contributed by atoms with E-state index in [0.29, 0.717) is 5.69 Å². The van der Waals surface area contributed by atoms with Crippen LogP contribution >= 0.6 is 11.6 Å². The van der Waals surface area contributed by atoms with Gasteiger partial charge < -0.3 is 5.73 Å². The molecule has 0 saturated carbocycles. The van der Waals surface area contributed by atoms with Gasteiger partial charge in [-0.3, -0.25) is 4.68 Å². The van der Waals surface area contributed by atoms with Crippen molar-refractivity contribution in [1.29, 1.82) is 0 Å². The summed E-state index contributed by atoms with van der Waals surface area (Å²) in [5.74, 6) is 0. The van der Waals surface area contributed by atoms with E-state index in [1.54, 1.807) is 24.0 Å². The van der Waals surface area contributed by atoms with Crippen LogP contribution < -0.4 is 10.5 Å². The molecule has 2 aromatic rings. The highest BCUT2D eigenvalue weighted by Gasteiger charge is 2.15. The first-order valence-electron chi connectivity index (χ1n) is 5.42. The lowest BCUT2D eigenvalue weighted by Crippen LogP contribution is -2.24. The van der Waals surface area contributed by atoms with E-state index in [0.717, 1.165) is 5.69 Å². The number of nitrogens with one attached hydrogen (secondary N) is 1. The molecule has 0 radical (unpaired) electrons. The molecule has 2 rings (SSSR count). The Balaban J connectivity index is 2.18. The van der Waals surface area contributed by atoms with Crippen molar-refractivity contribution in [2.24, 2.45) is 7.05 Å².